The van der Waals surface area contributed by atoms with Crippen LogP contribution in [0.25, 0.3) is 0 Å². The molecule has 0 heterocycles. The van der Waals surface area contributed by atoms with Gasteiger partial charge in [-0.25, -0.2) is 4.79 Å². The fourth-order valence-electron chi connectivity index (χ4n) is 2.62. The number of benzene rings is 2. The maximum Gasteiger partial charge on any atom is 0.319 e. The van der Waals surface area contributed by atoms with Gasteiger partial charge in [0.1, 0.15) is 0 Å². The molecule has 3 rings (SSSR count). The first-order valence-electron chi connectivity index (χ1n) is 7.56. The van der Waals surface area contributed by atoms with Gasteiger partial charge in [-0.1, -0.05) is 53.0 Å². The molecule has 0 saturated heterocycles. The largest absolute Gasteiger partial charge is 0.337 e. The number of rotatable bonds is 4. The van der Waals surface area contributed by atoms with Crippen LogP contribution in [-0.2, 0) is 5.41 Å². The van der Waals surface area contributed by atoms with Gasteiger partial charge in [0.15, 0.2) is 0 Å². The molecule has 0 radical (unpaired) electrons. The van der Waals surface area contributed by atoms with E-state index in [0.29, 0.717) is 22.3 Å². The van der Waals surface area contributed by atoms with Gasteiger partial charge in [-0.05, 0) is 43.5 Å². The Kier molecular flexibility index (Phi) is 4.51. The second kappa shape index (κ2) is 6.42. The maximum atomic E-state index is 12.1. The van der Waals surface area contributed by atoms with Gasteiger partial charge in [-0.2, -0.15) is 0 Å². The molecule has 0 bridgehead atoms. The Bertz CT molecular complexity index is 724. The highest BCUT2D eigenvalue weighted by atomic mass is 35.5. The Balaban J connectivity index is 1.58. The predicted octanol–water partition coefficient (Wildman–Crippen LogP) is 5.16. The van der Waals surface area contributed by atoms with Gasteiger partial charge in [0.25, 0.3) is 0 Å². The van der Waals surface area contributed by atoms with Crippen LogP contribution in [0.4, 0.5) is 10.5 Å². The summed E-state index contributed by atoms with van der Waals surface area (Å²) in [7, 11) is 0. The molecule has 0 aliphatic heterocycles. The molecule has 23 heavy (non-hydrogen) atoms. The second-order valence-electron chi connectivity index (χ2n) is 6.08. The number of halogens is 2. The molecular weight excluding hydrogens is 331 g/mol. The third kappa shape index (κ3) is 3.80. The van der Waals surface area contributed by atoms with Crippen LogP contribution in [0, 0.1) is 6.92 Å². The Labute approximate surface area is 146 Å². The summed E-state index contributed by atoms with van der Waals surface area (Å²) in [5.41, 5.74) is 3.24. The summed E-state index contributed by atoms with van der Waals surface area (Å²) in [5, 5.41) is 6.62. The lowest BCUT2D eigenvalue weighted by atomic mass is 9.95. The average molecular weight is 349 g/mol. The summed E-state index contributed by atoms with van der Waals surface area (Å²) >= 11 is 11.8. The Hall–Kier alpha value is -1.71. The van der Waals surface area contributed by atoms with Crippen molar-refractivity contribution in [2.75, 3.05) is 11.9 Å². The van der Waals surface area contributed by atoms with E-state index in [9.17, 15) is 4.79 Å². The number of nitrogens with one attached hydrogen (secondary N) is 2. The highest BCUT2D eigenvalue weighted by molar-refractivity contribution is 6.42. The molecule has 2 aromatic carbocycles. The van der Waals surface area contributed by atoms with Crippen LogP contribution in [0.2, 0.25) is 10.0 Å². The number of carbonyl (C=O) groups is 1. The fourth-order valence-corrected chi connectivity index (χ4v) is 2.92. The van der Waals surface area contributed by atoms with Gasteiger partial charge in [0.05, 0.1) is 10.0 Å². The number of aryl methyl sites for hydroxylation is 1. The number of amides is 2. The highest BCUT2D eigenvalue weighted by Gasteiger charge is 2.44. The lowest BCUT2D eigenvalue weighted by Gasteiger charge is -2.17. The summed E-state index contributed by atoms with van der Waals surface area (Å²) in [6, 6.07) is 13.3. The smallest absolute Gasteiger partial charge is 0.319 e. The minimum Gasteiger partial charge on any atom is -0.337 e. The summed E-state index contributed by atoms with van der Waals surface area (Å²) < 4.78 is 0. The van der Waals surface area contributed by atoms with Gasteiger partial charge in [0.2, 0.25) is 0 Å². The summed E-state index contributed by atoms with van der Waals surface area (Å²) in [6.45, 7) is 2.70. The van der Waals surface area contributed by atoms with Crippen LogP contribution >= 0.6 is 23.2 Å². The Morgan fingerprint density at radius 3 is 2.39 bits per heavy atom. The van der Waals surface area contributed by atoms with E-state index in [4.69, 9.17) is 23.2 Å². The SMILES string of the molecule is Cc1ccc(C2(CNC(=O)Nc3ccc(Cl)c(Cl)c3)CC2)cc1. The molecule has 0 unspecified atom stereocenters. The lowest BCUT2D eigenvalue weighted by molar-refractivity contribution is 0.251. The molecule has 0 aromatic heterocycles. The topological polar surface area (TPSA) is 41.1 Å². The normalized spacial score (nSPS) is 15.1. The van der Waals surface area contributed by atoms with E-state index in [-0.39, 0.29) is 11.4 Å². The third-order valence-corrected chi connectivity index (χ3v) is 5.02. The number of urea groups is 1. The van der Waals surface area contributed by atoms with Crippen LogP contribution in [0.3, 0.4) is 0 Å². The van der Waals surface area contributed by atoms with Crippen molar-refractivity contribution < 1.29 is 4.79 Å². The number of anilines is 1. The number of carbonyl (C=O) groups excluding carboxylic acids is 1. The van der Waals surface area contributed by atoms with Gasteiger partial charge < -0.3 is 10.6 Å². The van der Waals surface area contributed by atoms with E-state index in [2.05, 4.69) is 41.8 Å². The van der Waals surface area contributed by atoms with Crippen molar-refractivity contribution in [3.63, 3.8) is 0 Å². The van der Waals surface area contributed by atoms with Crippen LogP contribution in [0.5, 0.6) is 0 Å². The lowest BCUT2D eigenvalue weighted by Crippen LogP contribution is -2.35. The molecule has 5 heteroatoms. The molecule has 1 aliphatic rings. The van der Waals surface area contributed by atoms with E-state index in [1.807, 2.05) is 0 Å². The number of hydrogen-bond acceptors (Lipinski definition) is 1. The zero-order valence-corrected chi connectivity index (χ0v) is 14.3. The van der Waals surface area contributed by atoms with Crippen molar-refractivity contribution in [2.45, 2.75) is 25.2 Å². The van der Waals surface area contributed by atoms with E-state index in [0.717, 1.165) is 12.8 Å². The average Bonchev–Trinajstić information content (AvgIpc) is 3.31. The molecule has 2 amide bonds. The molecule has 0 spiro atoms. The zero-order chi connectivity index (χ0) is 16.4. The molecule has 1 fully saturated rings. The van der Waals surface area contributed by atoms with Crippen LogP contribution in [0.15, 0.2) is 42.5 Å². The fraction of sp³-hybridized carbons (Fsp3) is 0.278. The minimum absolute atomic E-state index is 0.0860. The van der Waals surface area contributed by atoms with Crippen LogP contribution < -0.4 is 10.6 Å². The third-order valence-electron chi connectivity index (χ3n) is 4.28. The van der Waals surface area contributed by atoms with Crippen molar-refractivity contribution >= 4 is 34.9 Å². The minimum atomic E-state index is -0.234. The molecule has 0 atom stereocenters. The van der Waals surface area contributed by atoms with Crippen molar-refractivity contribution in [1.29, 1.82) is 0 Å². The van der Waals surface area contributed by atoms with Crippen LogP contribution in [0.1, 0.15) is 24.0 Å². The summed E-state index contributed by atoms with van der Waals surface area (Å²) in [4.78, 5) is 12.1. The summed E-state index contributed by atoms with van der Waals surface area (Å²) in [5.74, 6) is 0. The van der Waals surface area contributed by atoms with Crippen molar-refractivity contribution in [1.82, 2.24) is 5.32 Å². The molecular formula is C18H18Cl2N2O. The van der Waals surface area contributed by atoms with Gasteiger partial charge in [-0.3, -0.25) is 0 Å². The predicted molar refractivity (Wildman–Crippen MR) is 95.6 cm³/mol. The van der Waals surface area contributed by atoms with Crippen LogP contribution in [-0.4, -0.2) is 12.6 Å². The molecule has 1 saturated carbocycles. The second-order valence-corrected chi connectivity index (χ2v) is 6.90. The first-order chi connectivity index (χ1) is 11.0. The quantitative estimate of drug-likeness (QED) is 0.787. The van der Waals surface area contributed by atoms with Crippen molar-refractivity contribution in [2.24, 2.45) is 0 Å². The van der Waals surface area contributed by atoms with Gasteiger partial charge >= 0.3 is 6.03 Å². The van der Waals surface area contributed by atoms with E-state index >= 15 is 0 Å². The van der Waals surface area contributed by atoms with Crippen molar-refractivity contribution in [3.05, 3.63) is 63.6 Å². The maximum absolute atomic E-state index is 12.1. The zero-order valence-electron chi connectivity index (χ0n) is 12.8. The van der Waals surface area contributed by atoms with E-state index in [1.165, 1.54) is 11.1 Å². The Morgan fingerprint density at radius 2 is 1.78 bits per heavy atom. The highest BCUT2D eigenvalue weighted by Crippen LogP contribution is 2.47. The number of hydrogen-bond donors (Lipinski definition) is 2. The summed E-state index contributed by atoms with van der Waals surface area (Å²) in [6.07, 6.45) is 2.20. The molecule has 2 aromatic rings. The van der Waals surface area contributed by atoms with E-state index in [1.54, 1.807) is 18.2 Å². The molecule has 120 valence electrons. The van der Waals surface area contributed by atoms with Gasteiger partial charge in [-0.15, -0.1) is 0 Å². The first kappa shape index (κ1) is 16.2. The van der Waals surface area contributed by atoms with Crippen molar-refractivity contribution in [3.8, 4) is 0 Å². The molecule has 3 nitrogen and oxygen atoms in total. The molecule has 2 N–H and O–H groups in total. The Morgan fingerprint density at radius 1 is 1.09 bits per heavy atom. The standard InChI is InChI=1S/C18H18Cl2N2O/c1-12-2-4-13(5-3-12)18(8-9-18)11-21-17(23)22-14-6-7-15(19)16(20)10-14/h2-7,10H,8-9,11H2,1H3,(H2,21,22,23). The monoisotopic (exact) mass is 348 g/mol. The first-order valence-corrected chi connectivity index (χ1v) is 8.31. The van der Waals surface area contributed by atoms with E-state index < -0.39 is 0 Å². The molecule has 1 aliphatic carbocycles. The van der Waals surface area contributed by atoms with Gasteiger partial charge in [0, 0.05) is 17.6 Å².